The van der Waals surface area contributed by atoms with E-state index in [2.05, 4.69) is 15.6 Å². The average Bonchev–Trinajstić information content (AvgIpc) is 3.13. The summed E-state index contributed by atoms with van der Waals surface area (Å²) in [6, 6.07) is 4.16. The van der Waals surface area contributed by atoms with Gasteiger partial charge in [0.2, 0.25) is 0 Å². The van der Waals surface area contributed by atoms with Gasteiger partial charge in [0, 0.05) is 35.3 Å². The molecular formula is C20H14ClF9N4O2. The van der Waals surface area contributed by atoms with Crippen LogP contribution in [0.5, 0.6) is 0 Å². The van der Waals surface area contributed by atoms with E-state index >= 15 is 0 Å². The summed E-state index contributed by atoms with van der Waals surface area (Å²) in [5.41, 5.74) is -6.60. The molecule has 4 rings (SSSR count). The number of alkyl halides is 9. The van der Waals surface area contributed by atoms with Crippen LogP contribution in [-0.4, -0.2) is 38.4 Å². The highest BCUT2D eigenvalue weighted by atomic mass is 35.5. The summed E-state index contributed by atoms with van der Waals surface area (Å²) in [5, 5.41) is 19.1. The minimum atomic E-state index is -6.34. The number of aliphatic hydroxyl groups is 1. The molecular weight excluding hydrogens is 535 g/mol. The Morgan fingerprint density at radius 2 is 1.78 bits per heavy atom. The van der Waals surface area contributed by atoms with E-state index in [0.29, 0.717) is 0 Å². The molecule has 1 aromatic carbocycles. The molecule has 1 saturated carbocycles. The molecule has 0 amide bonds. The Labute approximate surface area is 200 Å². The number of aryl methyl sites for hydroxylation is 1. The van der Waals surface area contributed by atoms with E-state index in [-0.39, 0.29) is 33.0 Å². The quantitative estimate of drug-likeness (QED) is 0.303. The lowest BCUT2D eigenvalue weighted by atomic mass is 10.0. The maximum Gasteiger partial charge on any atom is 0.459 e. The number of rotatable bonds is 6. The van der Waals surface area contributed by atoms with Crippen LogP contribution in [-0.2, 0) is 19.1 Å². The summed E-state index contributed by atoms with van der Waals surface area (Å²) in [4.78, 5) is 0. The molecule has 0 radical (unpaired) electrons. The van der Waals surface area contributed by atoms with Crippen molar-refractivity contribution in [3.05, 3.63) is 46.1 Å². The van der Waals surface area contributed by atoms with Crippen LogP contribution < -0.4 is 5.32 Å². The molecule has 2 heterocycles. The molecule has 2 N–H and O–H groups in total. The normalized spacial score (nSPS) is 19.6. The second-order valence-electron chi connectivity index (χ2n) is 8.01. The van der Waals surface area contributed by atoms with E-state index in [1.54, 1.807) is 0 Å². The fourth-order valence-electron chi connectivity index (χ4n) is 3.50. The molecule has 0 aliphatic heterocycles. The average molecular weight is 549 g/mol. The number of nitrogens with zero attached hydrogens (tertiary/aromatic N) is 3. The van der Waals surface area contributed by atoms with Gasteiger partial charge in [-0.3, -0.25) is 10.00 Å². The predicted octanol–water partition coefficient (Wildman–Crippen LogP) is 5.76. The summed E-state index contributed by atoms with van der Waals surface area (Å²) >= 11 is 6.05. The van der Waals surface area contributed by atoms with Gasteiger partial charge in [-0.15, -0.1) is 0 Å². The van der Waals surface area contributed by atoms with Gasteiger partial charge in [-0.1, -0.05) is 16.8 Å². The van der Waals surface area contributed by atoms with Gasteiger partial charge in [-0.25, -0.2) is 4.39 Å². The van der Waals surface area contributed by atoms with Gasteiger partial charge < -0.3 is 9.63 Å². The highest BCUT2D eigenvalue weighted by molar-refractivity contribution is 6.31. The second kappa shape index (κ2) is 8.66. The first kappa shape index (κ1) is 26.3. The number of hydrogen-bond acceptors (Lipinski definition) is 5. The van der Waals surface area contributed by atoms with Crippen LogP contribution in [0.15, 0.2) is 28.8 Å². The topological polar surface area (TPSA) is 76.1 Å². The predicted molar refractivity (Wildman–Crippen MR) is 105 cm³/mol. The van der Waals surface area contributed by atoms with Gasteiger partial charge in [0.05, 0.1) is 0 Å². The number of hydrogen-bond donors (Lipinski definition) is 2. The van der Waals surface area contributed by atoms with Gasteiger partial charge in [0.15, 0.2) is 11.5 Å². The van der Waals surface area contributed by atoms with Crippen LogP contribution in [0, 0.1) is 0 Å². The van der Waals surface area contributed by atoms with E-state index in [4.69, 9.17) is 16.1 Å². The van der Waals surface area contributed by atoms with Crippen molar-refractivity contribution in [1.29, 1.82) is 0 Å². The summed E-state index contributed by atoms with van der Waals surface area (Å²) in [7, 11) is 0.743. The smallest absolute Gasteiger partial charge is 0.374 e. The zero-order chi connectivity index (χ0) is 26.8. The third kappa shape index (κ3) is 4.66. The third-order valence-corrected chi connectivity index (χ3v) is 5.74. The number of benzene rings is 1. The van der Waals surface area contributed by atoms with Crippen LogP contribution in [0.2, 0.25) is 5.02 Å². The molecule has 36 heavy (non-hydrogen) atoms. The van der Waals surface area contributed by atoms with E-state index < -0.39 is 59.4 Å². The Hall–Kier alpha value is -2.78. The van der Waals surface area contributed by atoms with Crippen molar-refractivity contribution in [2.75, 3.05) is 0 Å². The van der Waals surface area contributed by atoms with Crippen LogP contribution in [0.1, 0.15) is 29.5 Å². The number of aliphatic hydroxyl groups excluding tert-OH is 1. The Bertz CT molecular complexity index is 1290. The lowest BCUT2D eigenvalue weighted by molar-refractivity contribution is -0.292. The van der Waals surface area contributed by atoms with Gasteiger partial charge >= 0.3 is 18.3 Å². The number of nitrogens with one attached hydrogen (secondary N) is 1. The molecule has 16 heteroatoms. The number of halogens is 10. The van der Waals surface area contributed by atoms with Crippen molar-refractivity contribution >= 4 is 11.6 Å². The van der Waals surface area contributed by atoms with E-state index in [0.717, 1.165) is 13.1 Å². The van der Waals surface area contributed by atoms with Gasteiger partial charge in [-0.2, -0.15) is 40.2 Å². The van der Waals surface area contributed by atoms with Crippen molar-refractivity contribution in [2.45, 2.75) is 43.1 Å². The standard InChI is InChI=1S/C20H14ClF9N4O2/c1-34-15(14(19(25,26)27)16(32-34)18(23,24)20(28,29)30)12-6-13(36-33-12)7-2-3-9(21)8(4-7)17(35)31-11-5-10(11)22/h2-4,6,10-11,17,31,35H,5H2,1H3/t10?,11?,17-/m0/s1. The first-order valence-corrected chi connectivity index (χ1v) is 10.3. The molecule has 3 atom stereocenters. The fraction of sp³-hybridized carbons (Fsp3) is 0.400. The molecule has 3 aromatic rings. The first-order valence-electron chi connectivity index (χ1n) is 9.96. The Balaban J connectivity index is 1.76. The molecule has 1 fully saturated rings. The third-order valence-electron chi connectivity index (χ3n) is 5.40. The molecule has 2 aromatic heterocycles. The zero-order valence-corrected chi connectivity index (χ0v) is 18.5. The van der Waals surface area contributed by atoms with Crippen molar-refractivity contribution in [3.63, 3.8) is 0 Å². The van der Waals surface area contributed by atoms with E-state index in [9.17, 15) is 44.6 Å². The van der Waals surface area contributed by atoms with Gasteiger partial charge in [-0.05, 0) is 24.6 Å². The van der Waals surface area contributed by atoms with Crippen LogP contribution in [0.3, 0.4) is 0 Å². The van der Waals surface area contributed by atoms with Gasteiger partial charge in [0.1, 0.15) is 29.4 Å². The molecule has 2 unspecified atom stereocenters. The van der Waals surface area contributed by atoms with Crippen molar-refractivity contribution in [3.8, 4) is 22.7 Å². The minimum absolute atomic E-state index is 0.0552. The molecule has 1 aliphatic rings. The highest BCUT2D eigenvalue weighted by Gasteiger charge is 2.64. The van der Waals surface area contributed by atoms with E-state index in [1.807, 2.05) is 0 Å². The number of aromatic nitrogens is 3. The van der Waals surface area contributed by atoms with Crippen LogP contribution in [0.25, 0.3) is 22.7 Å². The highest BCUT2D eigenvalue weighted by Crippen LogP contribution is 2.50. The monoisotopic (exact) mass is 548 g/mol. The summed E-state index contributed by atoms with van der Waals surface area (Å²) in [6.45, 7) is 0. The molecule has 6 nitrogen and oxygen atoms in total. The zero-order valence-electron chi connectivity index (χ0n) is 17.7. The van der Waals surface area contributed by atoms with E-state index in [1.165, 1.54) is 18.2 Å². The molecule has 0 spiro atoms. The lowest BCUT2D eigenvalue weighted by Gasteiger charge is -2.19. The molecule has 1 aliphatic carbocycles. The molecule has 0 bridgehead atoms. The first-order chi connectivity index (χ1) is 16.5. The lowest BCUT2D eigenvalue weighted by Crippen LogP contribution is -2.36. The maximum absolute atomic E-state index is 13.9. The van der Waals surface area contributed by atoms with Crippen molar-refractivity contribution < 1.29 is 49.1 Å². The summed E-state index contributed by atoms with van der Waals surface area (Å²) in [6.07, 6.45) is -14.4. The Morgan fingerprint density at radius 3 is 2.33 bits per heavy atom. The summed E-state index contributed by atoms with van der Waals surface area (Å²) < 4.78 is 126. The van der Waals surface area contributed by atoms with Crippen molar-refractivity contribution in [1.82, 2.24) is 20.3 Å². The van der Waals surface area contributed by atoms with Crippen LogP contribution >= 0.6 is 11.6 Å². The Kier molecular flexibility index (Phi) is 6.32. The second-order valence-corrected chi connectivity index (χ2v) is 8.41. The summed E-state index contributed by atoms with van der Waals surface area (Å²) in [5.74, 6) is -6.14. The van der Waals surface area contributed by atoms with Crippen molar-refractivity contribution in [2.24, 2.45) is 7.05 Å². The molecule has 196 valence electrons. The van der Waals surface area contributed by atoms with Gasteiger partial charge in [0.25, 0.3) is 0 Å². The molecule has 0 saturated heterocycles. The SMILES string of the molecule is Cn1nc(C(F)(F)C(F)(F)F)c(C(F)(F)F)c1-c1cc(-c2ccc(Cl)c([C@H](O)NC3CC3F)c2)on1. The Morgan fingerprint density at radius 1 is 1.14 bits per heavy atom. The van der Waals surface area contributed by atoms with Crippen LogP contribution in [0.4, 0.5) is 39.5 Å². The largest absolute Gasteiger partial charge is 0.459 e. The fourth-order valence-corrected chi connectivity index (χ4v) is 3.72. The maximum atomic E-state index is 13.9. The minimum Gasteiger partial charge on any atom is -0.374 e.